The van der Waals surface area contributed by atoms with Gasteiger partial charge in [-0.1, -0.05) is 60.7 Å². The first-order valence-electron chi connectivity index (χ1n) is 8.30. The maximum Gasteiger partial charge on any atom is 0.325 e. The number of amides is 1. The van der Waals surface area contributed by atoms with Gasteiger partial charge in [0, 0.05) is 0 Å². The van der Waals surface area contributed by atoms with E-state index in [-0.39, 0.29) is 19.6 Å². The molecule has 27 heavy (non-hydrogen) atoms. The molecular weight excluding hydrogens is 370 g/mol. The highest BCUT2D eigenvalue weighted by Gasteiger charge is 2.25. The van der Waals surface area contributed by atoms with Crippen molar-refractivity contribution in [3.8, 4) is 0 Å². The van der Waals surface area contributed by atoms with Crippen LogP contribution in [-0.4, -0.2) is 37.1 Å². The topological polar surface area (TPSA) is 110 Å². The zero-order valence-corrected chi connectivity index (χ0v) is 15.4. The third-order valence-corrected chi connectivity index (χ3v) is 4.58. The van der Waals surface area contributed by atoms with E-state index in [1.807, 2.05) is 18.2 Å². The SMILES string of the molecule is O=C(CNC(=O)C(Cc1ccccc1)CS(=O)(=O)O)OCc1ccccc1. The first-order valence-corrected chi connectivity index (χ1v) is 9.91. The molecule has 0 aliphatic carbocycles. The van der Waals surface area contributed by atoms with Gasteiger partial charge >= 0.3 is 5.97 Å². The molecular formula is C19H21NO6S. The third kappa shape index (κ3) is 8.02. The molecule has 0 fully saturated rings. The zero-order valence-electron chi connectivity index (χ0n) is 14.6. The van der Waals surface area contributed by atoms with Gasteiger partial charge in [-0.15, -0.1) is 0 Å². The molecule has 7 nitrogen and oxygen atoms in total. The van der Waals surface area contributed by atoms with Crippen molar-refractivity contribution < 1.29 is 27.3 Å². The lowest BCUT2D eigenvalue weighted by atomic mass is 10.0. The van der Waals surface area contributed by atoms with Crippen LogP contribution in [0.2, 0.25) is 0 Å². The molecule has 8 heteroatoms. The summed E-state index contributed by atoms with van der Waals surface area (Å²) in [7, 11) is -4.35. The number of rotatable bonds is 9. The highest BCUT2D eigenvalue weighted by atomic mass is 32.2. The van der Waals surface area contributed by atoms with Gasteiger partial charge in [-0.3, -0.25) is 14.1 Å². The van der Waals surface area contributed by atoms with Crippen molar-refractivity contribution in [1.82, 2.24) is 5.32 Å². The molecule has 0 saturated carbocycles. The molecule has 0 aliphatic rings. The van der Waals surface area contributed by atoms with Crippen LogP contribution in [0.5, 0.6) is 0 Å². The molecule has 0 aliphatic heterocycles. The Balaban J connectivity index is 1.89. The van der Waals surface area contributed by atoms with Gasteiger partial charge in [-0.2, -0.15) is 8.42 Å². The number of benzene rings is 2. The molecule has 0 aromatic heterocycles. The van der Waals surface area contributed by atoms with Crippen molar-refractivity contribution in [1.29, 1.82) is 0 Å². The number of carbonyl (C=O) groups excluding carboxylic acids is 2. The summed E-state index contributed by atoms with van der Waals surface area (Å²) in [4.78, 5) is 24.1. The van der Waals surface area contributed by atoms with Crippen LogP contribution in [0.1, 0.15) is 11.1 Å². The van der Waals surface area contributed by atoms with Gasteiger partial charge in [0.15, 0.2) is 0 Å². The van der Waals surface area contributed by atoms with E-state index in [0.717, 1.165) is 11.1 Å². The molecule has 2 aromatic rings. The van der Waals surface area contributed by atoms with Crippen molar-refractivity contribution in [2.24, 2.45) is 5.92 Å². The van der Waals surface area contributed by atoms with Crippen molar-refractivity contribution >= 4 is 22.0 Å². The van der Waals surface area contributed by atoms with E-state index in [1.54, 1.807) is 42.5 Å². The first kappa shape index (κ1) is 20.6. The van der Waals surface area contributed by atoms with Crippen LogP contribution >= 0.6 is 0 Å². The fourth-order valence-electron chi connectivity index (χ4n) is 2.47. The predicted molar refractivity (Wildman–Crippen MR) is 99.3 cm³/mol. The van der Waals surface area contributed by atoms with Crippen LogP contribution in [0, 0.1) is 5.92 Å². The van der Waals surface area contributed by atoms with Gasteiger partial charge in [-0.25, -0.2) is 0 Å². The highest BCUT2D eigenvalue weighted by molar-refractivity contribution is 7.85. The van der Waals surface area contributed by atoms with E-state index in [4.69, 9.17) is 9.29 Å². The summed E-state index contributed by atoms with van der Waals surface area (Å²) in [5.41, 5.74) is 1.55. The molecule has 2 N–H and O–H groups in total. The quantitative estimate of drug-likeness (QED) is 0.496. The summed E-state index contributed by atoms with van der Waals surface area (Å²) in [5.74, 6) is -3.04. The second-order valence-corrected chi connectivity index (χ2v) is 7.50. The lowest BCUT2D eigenvalue weighted by Gasteiger charge is -2.15. The second kappa shape index (κ2) is 9.84. The van der Waals surface area contributed by atoms with Gasteiger partial charge < -0.3 is 10.1 Å². The standard InChI is InChI=1S/C19H21NO6S/c21-18(26-13-16-9-5-2-6-10-16)12-20-19(22)17(14-27(23,24)25)11-15-7-3-1-4-8-15/h1-10,17H,11-14H2,(H,20,22)(H,23,24,25). The van der Waals surface area contributed by atoms with Gasteiger partial charge in [0.1, 0.15) is 13.2 Å². The molecule has 1 amide bonds. The van der Waals surface area contributed by atoms with Crippen molar-refractivity contribution in [3.63, 3.8) is 0 Å². The first-order chi connectivity index (χ1) is 12.8. The fraction of sp³-hybridized carbons (Fsp3) is 0.263. The van der Waals surface area contributed by atoms with Gasteiger partial charge in [0.25, 0.3) is 10.1 Å². The average molecular weight is 391 g/mol. The van der Waals surface area contributed by atoms with Crippen LogP contribution in [0.15, 0.2) is 60.7 Å². The molecule has 1 unspecified atom stereocenters. The number of hydrogen-bond acceptors (Lipinski definition) is 5. The third-order valence-electron chi connectivity index (χ3n) is 3.76. The monoisotopic (exact) mass is 391 g/mol. The lowest BCUT2D eigenvalue weighted by molar-refractivity contribution is -0.145. The minimum Gasteiger partial charge on any atom is -0.460 e. The Kier molecular flexibility index (Phi) is 7.51. The number of ether oxygens (including phenoxy) is 1. The molecule has 2 rings (SSSR count). The maximum absolute atomic E-state index is 12.3. The van der Waals surface area contributed by atoms with E-state index in [9.17, 15) is 18.0 Å². The van der Waals surface area contributed by atoms with Crippen molar-refractivity contribution in [2.75, 3.05) is 12.3 Å². The van der Waals surface area contributed by atoms with Crippen molar-refractivity contribution in [2.45, 2.75) is 13.0 Å². The zero-order chi connectivity index (χ0) is 19.7. The molecule has 0 heterocycles. The van der Waals surface area contributed by atoms with Gasteiger partial charge in [0.05, 0.1) is 11.7 Å². The molecule has 0 saturated heterocycles. The number of hydrogen-bond donors (Lipinski definition) is 2. The minimum atomic E-state index is -4.35. The Bertz CT molecular complexity index is 852. The van der Waals surface area contributed by atoms with Crippen LogP contribution in [0.4, 0.5) is 0 Å². The number of carbonyl (C=O) groups is 2. The van der Waals surface area contributed by atoms with E-state index in [2.05, 4.69) is 5.32 Å². The summed E-state index contributed by atoms with van der Waals surface area (Å²) < 4.78 is 36.6. The van der Waals surface area contributed by atoms with Crippen LogP contribution in [-0.2, 0) is 37.5 Å². The van der Waals surface area contributed by atoms with Crippen LogP contribution in [0.25, 0.3) is 0 Å². The molecule has 0 spiro atoms. The van der Waals surface area contributed by atoms with E-state index in [1.165, 1.54) is 0 Å². The summed E-state index contributed by atoms with van der Waals surface area (Å²) in [6, 6.07) is 17.9. The normalized spacial score (nSPS) is 12.2. The number of nitrogens with one attached hydrogen (secondary N) is 1. The van der Waals surface area contributed by atoms with Crippen LogP contribution < -0.4 is 5.32 Å². The molecule has 144 valence electrons. The Morgan fingerprint density at radius 2 is 1.52 bits per heavy atom. The lowest BCUT2D eigenvalue weighted by Crippen LogP contribution is -2.39. The predicted octanol–water partition coefficient (Wildman–Crippen LogP) is 1.59. The smallest absolute Gasteiger partial charge is 0.325 e. The highest BCUT2D eigenvalue weighted by Crippen LogP contribution is 2.11. The summed E-state index contributed by atoms with van der Waals surface area (Å²) in [6.07, 6.45) is 0.117. The Labute approximate surface area is 158 Å². The number of esters is 1. The van der Waals surface area contributed by atoms with Crippen LogP contribution in [0.3, 0.4) is 0 Å². The molecule has 2 aromatic carbocycles. The van der Waals surface area contributed by atoms with Crippen molar-refractivity contribution in [3.05, 3.63) is 71.8 Å². The molecule has 0 radical (unpaired) electrons. The molecule has 0 bridgehead atoms. The fourth-order valence-corrected chi connectivity index (χ4v) is 3.25. The summed E-state index contributed by atoms with van der Waals surface area (Å²) in [5, 5.41) is 2.37. The molecule has 1 atom stereocenters. The van der Waals surface area contributed by atoms with E-state index in [0.29, 0.717) is 0 Å². The van der Waals surface area contributed by atoms with E-state index < -0.39 is 33.7 Å². The summed E-state index contributed by atoms with van der Waals surface area (Å²) in [6.45, 7) is -0.309. The average Bonchev–Trinajstić information content (AvgIpc) is 2.64. The summed E-state index contributed by atoms with van der Waals surface area (Å²) >= 11 is 0. The minimum absolute atomic E-state index is 0.0774. The largest absolute Gasteiger partial charge is 0.460 e. The Morgan fingerprint density at radius 3 is 2.07 bits per heavy atom. The van der Waals surface area contributed by atoms with Gasteiger partial charge in [0.2, 0.25) is 5.91 Å². The van der Waals surface area contributed by atoms with Gasteiger partial charge in [-0.05, 0) is 17.5 Å². The Hall–Kier alpha value is -2.71. The van der Waals surface area contributed by atoms with E-state index >= 15 is 0 Å². The maximum atomic E-state index is 12.3. The second-order valence-electron chi connectivity index (χ2n) is 6.00. The Morgan fingerprint density at radius 1 is 0.963 bits per heavy atom.